The van der Waals surface area contributed by atoms with E-state index in [0.29, 0.717) is 13.0 Å². The van der Waals surface area contributed by atoms with Crippen molar-refractivity contribution in [3.8, 4) is 0 Å². The molecule has 0 saturated heterocycles. The van der Waals surface area contributed by atoms with Gasteiger partial charge >= 0.3 is 0 Å². The van der Waals surface area contributed by atoms with Crippen molar-refractivity contribution in [1.29, 1.82) is 0 Å². The van der Waals surface area contributed by atoms with Gasteiger partial charge in [0.15, 0.2) is 5.78 Å². The van der Waals surface area contributed by atoms with Crippen LogP contribution in [-0.2, 0) is 12.8 Å². The smallest absolute Gasteiger partial charge is 0.167 e. The van der Waals surface area contributed by atoms with Gasteiger partial charge in [0.1, 0.15) is 0 Å². The Morgan fingerprint density at radius 1 is 1.11 bits per heavy atom. The van der Waals surface area contributed by atoms with Gasteiger partial charge in [0, 0.05) is 24.4 Å². The molecule has 0 aliphatic heterocycles. The highest BCUT2D eigenvalue weighted by Gasteiger charge is 2.10. The summed E-state index contributed by atoms with van der Waals surface area (Å²) < 4.78 is 0. The van der Waals surface area contributed by atoms with Gasteiger partial charge in [-0.1, -0.05) is 24.3 Å². The molecule has 1 aromatic heterocycles. The summed E-state index contributed by atoms with van der Waals surface area (Å²) >= 11 is 0. The van der Waals surface area contributed by atoms with Crippen molar-refractivity contribution < 1.29 is 4.79 Å². The number of pyridine rings is 1. The molecule has 0 aliphatic carbocycles. The van der Waals surface area contributed by atoms with E-state index in [1.165, 1.54) is 0 Å². The molecule has 0 fully saturated rings. The zero-order valence-corrected chi connectivity index (χ0v) is 10.2. The van der Waals surface area contributed by atoms with E-state index in [0.717, 1.165) is 23.1 Å². The Morgan fingerprint density at radius 3 is 2.56 bits per heavy atom. The average Bonchev–Trinajstić information content (AvgIpc) is 2.41. The first-order chi connectivity index (χ1) is 8.81. The molecule has 3 nitrogen and oxygen atoms in total. The Hall–Kier alpha value is -2.00. The molecule has 0 unspecified atom stereocenters. The maximum absolute atomic E-state index is 12.2. The van der Waals surface area contributed by atoms with Crippen LogP contribution in [-0.4, -0.2) is 17.3 Å². The molecule has 0 bridgehead atoms. The maximum atomic E-state index is 12.2. The van der Waals surface area contributed by atoms with E-state index < -0.39 is 0 Å². The zero-order chi connectivity index (χ0) is 12.8. The number of nitrogens with zero attached hydrogens (tertiary/aromatic N) is 1. The van der Waals surface area contributed by atoms with Crippen molar-refractivity contribution in [2.24, 2.45) is 5.73 Å². The highest BCUT2D eigenvalue weighted by atomic mass is 16.1. The van der Waals surface area contributed by atoms with Crippen LogP contribution >= 0.6 is 0 Å². The van der Waals surface area contributed by atoms with Crippen LogP contribution in [0.5, 0.6) is 0 Å². The first kappa shape index (κ1) is 12.5. The number of aromatic nitrogens is 1. The monoisotopic (exact) mass is 240 g/mol. The van der Waals surface area contributed by atoms with Crippen LogP contribution in [0.3, 0.4) is 0 Å². The summed E-state index contributed by atoms with van der Waals surface area (Å²) in [6.45, 7) is 0.555. The zero-order valence-electron chi connectivity index (χ0n) is 10.2. The summed E-state index contributed by atoms with van der Waals surface area (Å²) in [5.41, 5.74) is 8.35. The third-order valence-electron chi connectivity index (χ3n) is 2.85. The fourth-order valence-corrected chi connectivity index (χ4v) is 1.95. The lowest BCUT2D eigenvalue weighted by atomic mass is 9.97. The number of hydrogen-bond donors (Lipinski definition) is 1. The summed E-state index contributed by atoms with van der Waals surface area (Å²) in [4.78, 5) is 16.2. The number of carbonyl (C=O) groups is 1. The molecule has 3 heteroatoms. The molecule has 1 aromatic carbocycles. The van der Waals surface area contributed by atoms with Crippen LogP contribution in [0.15, 0.2) is 48.8 Å². The Morgan fingerprint density at radius 2 is 1.83 bits per heavy atom. The SMILES string of the molecule is NCCc1ccccc1C(=O)Cc1ccncc1. The minimum Gasteiger partial charge on any atom is -0.330 e. The number of nitrogens with two attached hydrogens (primary N) is 1. The lowest BCUT2D eigenvalue weighted by Crippen LogP contribution is -2.10. The van der Waals surface area contributed by atoms with E-state index in [1.807, 2.05) is 36.4 Å². The van der Waals surface area contributed by atoms with Crippen LogP contribution < -0.4 is 5.73 Å². The molecule has 0 radical (unpaired) electrons. The number of Topliss-reactive ketones (excluding diaryl/α,β-unsaturated/α-hetero) is 1. The predicted molar refractivity (Wildman–Crippen MR) is 71.5 cm³/mol. The van der Waals surface area contributed by atoms with Gasteiger partial charge in [0.05, 0.1) is 0 Å². The number of rotatable bonds is 5. The summed E-state index contributed by atoms with van der Waals surface area (Å²) in [6, 6.07) is 11.4. The van der Waals surface area contributed by atoms with Crippen molar-refractivity contribution in [3.63, 3.8) is 0 Å². The lowest BCUT2D eigenvalue weighted by Gasteiger charge is -2.07. The third-order valence-corrected chi connectivity index (χ3v) is 2.85. The van der Waals surface area contributed by atoms with E-state index >= 15 is 0 Å². The first-order valence-electron chi connectivity index (χ1n) is 6.01. The van der Waals surface area contributed by atoms with Crippen LogP contribution in [0.2, 0.25) is 0 Å². The van der Waals surface area contributed by atoms with Gasteiger partial charge < -0.3 is 5.73 Å². The lowest BCUT2D eigenvalue weighted by molar-refractivity contribution is 0.0992. The van der Waals surface area contributed by atoms with Gasteiger partial charge in [-0.15, -0.1) is 0 Å². The molecule has 0 amide bonds. The molecule has 18 heavy (non-hydrogen) atoms. The standard InChI is InChI=1S/C15H16N2O/c16-8-5-13-3-1-2-4-14(13)15(18)11-12-6-9-17-10-7-12/h1-4,6-7,9-10H,5,8,11,16H2. The normalized spacial score (nSPS) is 10.3. The quantitative estimate of drug-likeness (QED) is 0.813. The summed E-state index contributed by atoms with van der Waals surface area (Å²) in [5.74, 6) is 0.130. The molecule has 2 rings (SSSR count). The highest BCUT2D eigenvalue weighted by Crippen LogP contribution is 2.13. The molecular weight excluding hydrogens is 224 g/mol. The van der Waals surface area contributed by atoms with E-state index in [9.17, 15) is 4.79 Å². The average molecular weight is 240 g/mol. The first-order valence-corrected chi connectivity index (χ1v) is 6.01. The predicted octanol–water partition coefficient (Wildman–Crippen LogP) is 2.01. The molecule has 0 saturated carbocycles. The minimum absolute atomic E-state index is 0.130. The van der Waals surface area contributed by atoms with Crippen molar-refractivity contribution in [2.45, 2.75) is 12.8 Å². The Bertz CT molecular complexity index is 523. The van der Waals surface area contributed by atoms with Gasteiger partial charge in [-0.05, 0) is 36.2 Å². The molecule has 1 heterocycles. The van der Waals surface area contributed by atoms with Gasteiger partial charge in [0.25, 0.3) is 0 Å². The van der Waals surface area contributed by atoms with E-state index in [4.69, 9.17) is 5.73 Å². The molecule has 0 atom stereocenters. The van der Waals surface area contributed by atoms with Gasteiger partial charge in [-0.25, -0.2) is 0 Å². The van der Waals surface area contributed by atoms with Crippen LogP contribution in [0, 0.1) is 0 Å². The summed E-state index contributed by atoms with van der Waals surface area (Å²) in [7, 11) is 0. The number of carbonyl (C=O) groups excluding carboxylic acids is 1. The number of ketones is 1. The molecular formula is C15H16N2O. The Balaban J connectivity index is 2.19. The Kier molecular flexibility index (Phi) is 4.20. The van der Waals surface area contributed by atoms with Crippen molar-refractivity contribution >= 4 is 5.78 Å². The van der Waals surface area contributed by atoms with E-state index in [1.54, 1.807) is 12.4 Å². The highest BCUT2D eigenvalue weighted by molar-refractivity contribution is 5.98. The second kappa shape index (κ2) is 6.07. The molecule has 2 aromatic rings. The minimum atomic E-state index is 0.130. The molecule has 0 aliphatic rings. The van der Waals surface area contributed by atoms with Crippen LogP contribution in [0.25, 0.3) is 0 Å². The van der Waals surface area contributed by atoms with Crippen LogP contribution in [0.4, 0.5) is 0 Å². The van der Waals surface area contributed by atoms with E-state index in [-0.39, 0.29) is 5.78 Å². The Labute approximate surface area is 107 Å². The van der Waals surface area contributed by atoms with E-state index in [2.05, 4.69) is 4.98 Å². The molecule has 92 valence electrons. The topological polar surface area (TPSA) is 56.0 Å². The van der Waals surface area contributed by atoms with Gasteiger partial charge in [0.2, 0.25) is 0 Å². The largest absolute Gasteiger partial charge is 0.330 e. The fraction of sp³-hybridized carbons (Fsp3) is 0.200. The second-order valence-electron chi connectivity index (χ2n) is 4.15. The molecule has 2 N–H and O–H groups in total. The number of benzene rings is 1. The van der Waals surface area contributed by atoms with Crippen molar-refractivity contribution in [3.05, 3.63) is 65.5 Å². The summed E-state index contributed by atoms with van der Waals surface area (Å²) in [5, 5.41) is 0. The second-order valence-corrected chi connectivity index (χ2v) is 4.15. The van der Waals surface area contributed by atoms with Gasteiger partial charge in [-0.2, -0.15) is 0 Å². The fourth-order valence-electron chi connectivity index (χ4n) is 1.95. The van der Waals surface area contributed by atoms with Crippen molar-refractivity contribution in [2.75, 3.05) is 6.54 Å². The number of hydrogen-bond acceptors (Lipinski definition) is 3. The maximum Gasteiger partial charge on any atom is 0.167 e. The summed E-state index contributed by atoms with van der Waals surface area (Å²) in [6.07, 6.45) is 4.55. The molecule has 0 spiro atoms. The van der Waals surface area contributed by atoms with Crippen molar-refractivity contribution in [1.82, 2.24) is 4.98 Å². The van der Waals surface area contributed by atoms with Crippen LogP contribution in [0.1, 0.15) is 21.5 Å². The van der Waals surface area contributed by atoms with Gasteiger partial charge in [-0.3, -0.25) is 9.78 Å². The third kappa shape index (κ3) is 3.02.